The summed E-state index contributed by atoms with van der Waals surface area (Å²) in [5, 5.41) is 12.4. The first-order valence-electron chi connectivity index (χ1n) is 10.2. The summed E-state index contributed by atoms with van der Waals surface area (Å²) in [7, 11) is 1.63. The number of methoxy groups -OCH3 is 1. The molecule has 0 saturated heterocycles. The average Bonchev–Trinajstić information content (AvgIpc) is 3.26. The van der Waals surface area contributed by atoms with Gasteiger partial charge in [-0.1, -0.05) is 66.4 Å². The lowest BCUT2D eigenvalue weighted by Crippen LogP contribution is -2.24. The quantitative estimate of drug-likeness (QED) is 0.400. The summed E-state index contributed by atoms with van der Waals surface area (Å²) in [6.45, 7) is 2.51. The molecule has 0 atom stereocenters. The minimum Gasteiger partial charge on any atom is -0.497 e. The van der Waals surface area contributed by atoms with Gasteiger partial charge >= 0.3 is 0 Å². The van der Waals surface area contributed by atoms with E-state index in [1.165, 1.54) is 11.8 Å². The molecule has 1 heterocycles. The zero-order valence-electron chi connectivity index (χ0n) is 18.0. The molecule has 1 N–H and O–H groups in total. The van der Waals surface area contributed by atoms with Crippen LogP contribution in [0.25, 0.3) is 17.1 Å². The fourth-order valence-electron chi connectivity index (χ4n) is 3.26. The van der Waals surface area contributed by atoms with Gasteiger partial charge in [0.25, 0.3) is 0 Å². The summed E-state index contributed by atoms with van der Waals surface area (Å²) in [5.74, 6) is 1.72. The van der Waals surface area contributed by atoms with E-state index in [-0.39, 0.29) is 11.7 Å². The first kappa shape index (κ1) is 21.6. The van der Waals surface area contributed by atoms with E-state index >= 15 is 0 Å². The molecule has 0 aliphatic carbocycles. The molecule has 4 rings (SSSR count). The van der Waals surface area contributed by atoms with Crippen LogP contribution in [-0.2, 0) is 11.3 Å². The molecule has 0 saturated carbocycles. The third-order valence-electron chi connectivity index (χ3n) is 4.91. The molecule has 0 unspecified atom stereocenters. The van der Waals surface area contributed by atoms with Crippen molar-refractivity contribution in [3.05, 3.63) is 90.0 Å². The van der Waals surface area contributed by atoms with Gasteiger partial charge in [-0.15, -0.1) is 10.2 Å². The maximum atomic E-state index is 12.5. The van der Waals surface area contributed by atoms with Crippen molar-refractivity contribution in [2.75, 3.05) is 12.9 Å². The maximum absolute atomic E-state index is 12.5. The number of nitrogens with one attached hydrogen (secondary N) is 1. The van der Waals surface area contributed by atoms with Crippen LogP contribution in [0.2, 0.25) is 0 Å². The van der Waals surface area contributed by atoms with Gasteiger partial charge in [0.05, 0.1) is 12.9 Å². The maximum Gasteiger partial charge on any atom is 0.230 e. The monoisotopic (exact) mass is 444 g/mol. The molecule has 7 heteroatoms. The van der Waals surface area contributed by atoms with Crippen LogP contribution >= 0.6 is 11.8 Å². The Hall–Kier alpha value is -3.58. The molecular formula is C25H24N4O2S. The number of ether oxygens (including phenoxy) is 1. The topological polar surface area (TPSA) is 69.0 Å². The van der Waals surface area contributed by atoms with Crippen LogP contribution in [0.1, 0.15) is 11.1 Å². The van der Waals surface area contributed by atoms with E-state index in [0.29, 0.717) is 11.7 Å². The van der Waals surface area contributed by atoms with E-state index in [0.717, 1.165) is 34.0 Å². The highest BCUT2D eigenvalue weighted by molar-refractivity contribution is 7.99. The molecular weight excluding hydrogens is 420 g/mol. The van der Waals surface area contributed by atoms with E-state index in [4.69, 9.17) is 4.74 Å². The number of amides is 1. The predicted octanol–water partition coefficient (Wildman–Crippen LogP) is 4.66. The van der Waals surface area contributed by atoms with Gasteiger partial charge < -0.3 is 10.1 Å². The molecule has 1 aromatic heterocycles. The Kier molecular flexibility index (Phi) is 6.87. The molecule has 0 radical (unpaired) electrons. The molecule has 4 aromatic rings. The third kappa shape index (κ3) is 5.18. The number of carbonyl (C=O) groups is 1. The van der Waals surface area contributed by atoms with E-state index in [1.54, 1.807) is 7.11 Å². The fourth-order valence-corrected chi connectivity index (χ4v) is 4.04. The summed E-state index contributed by atoms with van der Waals surface area (Å²) in [6.07, 6.45) is 0. The third-order valence-corrected chi connectivity index (χ3v) is 5.84. The second kappa shape index (κ2) is 10.2. The molecule has 3 aromatic carbocycles. The van der Waals surface area contributed by atoms with Gasteiger partial charge in [-0.3, -0.25) is 9.36 Å². The number of aryl methyl sites for hydroxylation is 1. The van der Waals surface area contributed by atoms with Crippen LogP contribution in [0.4, 0.5) is 0 Å². The molecule has 1 amide bonds. The van der Waals surface area contributed by atoms with Crippen LogP contribution in [0, 0.1) is 6.92 Å². The molecule has 6 nitrogen and oxygen atoms in total. The summed E-state index contributed by atoms with van der Waals surface area (Å²) >= 11 is 1.37. The number of hydrogen-bond acceptors (Lipinski definition) is 5. The zero-order valence-corrected chi connectivity index (χ0v) is 18.8. The highest BCUT2D eigenvalue weighted by Crippen LogP contribution is 2.28. The first-order chi connectivity index (χ1) is 15.6. The fraction of sp³-hybridized carbons (Fsp3) is 0.160. The highest BCUT2D eigenvalue weighted by Gasteiger charge is 2.17. The molecule has 0 aliphatic rings. The second-order valence-corrected chi connectivity index (χ2v) is 8.20. The Labute approximate surface area is 191 Å². The van der Waals surface area contributed by atoms with Crippen molar-refractivity contribution in [1.29, 1.82) is 0 Å². The lowest BCUT2D eigenvalue weighted by Gasteiger charge is -2.11. The van der Waals surface area contributed by atoms with Crippen molar-refractivity contribution in [2.24, 2.45) is 0 Å². The van der Waals surface area contributed by atoms with Gasteiger partial charge in [0.15, 0.2) is 11.0 Å². The van der Waals surface area contributed by atoms with Crippen molar-refractivity contribution in [2.45, 2.75) is 18.6 Å². The lowest BCUT2D eigenvalue weighted by molar-refractivity contribution is -0.118. The van der Waals surface area contributed by atoms with Crippen molar-refractivity contribution in [1.82, 2.24) is 20.1 Å². The smallest absolute Gasteiger partial charge is 0.230 e. The number of thioether (sulfide) groups is 1. The minimum absolute atomic E-state index is 0.0640. The van der Waals surface area contributed by atoms with Crippen LogP contribution in [0.15, 0.2) is 84.0 Å². The predicted molar refractivity (Wildman–Crippen MR) is 127 cm³/mol. The number of carbonyl (C=O) groups excluding carboxylic acids is 1. The van der Waals surface area contributed by atoms with Gasteiger partial charge in [-0.25, -0.2) is 0 Å². The summed E-state index contributed by atoms with van der Waals surface area (Å²) < 4.78 is 7.17. The van der Waals surface area contributed by atoms with E-state index in [9.17, 15) is 4.79 Å². The summed E-state index contributed by atoms with van der Waals surface area (Å²) in [4.78, 5) is 12.5. The molecule has 162 valence electrons. The number of aromatic nitrogens is 3. The van der Waals surface area contributed by atoms with Crippen molar-refractivity contribution in [3.63, 3.8) is 0 Å². The summed E-state index contributed by atoms with van der Waals surface area (Å²) in [6, 6.07) is 25.7. The van der Waals surface area contributed by atoms with Gasteiger partial charge in [0, 0.05) is 17.8 Å². The Balaban J connectivity index is 1.49. The Bertz CT molecular complexity index is 1190. The van der Waals surface area contributed by atoms with Gasteiger partial charge in [-0.2, -0.15) is 0 Å². The standard InChI is InChI=1S/C25H24N4O2S/c1-18-7-6-10-21(15-18)29-24(20-8-4-3-5-9-20)27-28-25(29)32-17-23(30)26-16-19-11-13-22(31-2)14-12-19/h3-15H,16-17H2,1-2H3,(H,26,30). The molecule has 0 bridgehead atoms. The van der Waals surface area contributed by atoms with Crippen LogP contribution in [0.5, 0.6) is 5.75 Å². The molecule has 32 heavy (non-hydrogen) atoms. The second-order valence-electron chi connectivity index (χ2n) is 7.26. The van der Waals surface area contributed by atoms with E-state index in [1.807, 2.05) is 71.3 Å². The van der Waals surface area contributed by atoms with Crippen molar-refractivity contribution >= 4 is 17.7 Å². The normalized spacial score (nSPS) is 10.7. The minimum atomic E-state index is -0.0640. The van der Waals surface area contributed by atoms with Crippen LogP contribution < -0.4 is 10.1 Å². The number of nitrogens with zero attached hydrogens (tertiary/aromatic N) is 3. The Morgan fingerprint density at radius 1 is 1.00 bits per heavy atom. The Morgan fingerprint density at radius 2 is 1.78 bits per heavy atom. The summed E-state index contributed by atoms with van der Waals surface area (Å²) in [5.41, 5.74) is 4.09. The van der Waals surface area contributed by atoms with E-state index in [2.05, 4.69) is 34.6 Å². The Morgan fingerprint density at radius 3 is 2.50 bits per heavy atom. The van der Waals surface area contributed by atoms with Gasteiger partial charge in [0.2, 0.25) is 5.91 Å². The highest BCUT2D eigenvalue weighted by atomic mass is 32.2. The lowest BCUT2D eigenvalue weighted by atomic mass is 10.2. The van der Waals surface area contributed by atoms with Crippen LogP contribution in [-0.4, -0.2) is 33.5 Å². The van der Waals surface area contributed by atoms with E-state index < -0.39 is 0 Å². The first-order valence-corrected chi connectivity index (χ1v) is 11.2. The van der Waals surface area contributed by atoms with Crippen LogP contribution in [0.3, 0.4) is 0 Å². The number of rotatable bonds is 8. The average molecular weight is 445 g/mol. The zero-order chi connectivity index (χ0) is 22.3. The van der Waals surface area contributed by atoms with Crippen molar-refractivity contribution < 1.29 is 9.53 Å². The largest absolute Gasteiger partial charge is 0.497 e. The number of hydrogen-bond donors (Lipinski definition) is 1. The molecule has 0 aliphatic heterocycles. The van der Waals surface area contributed by atoms with Gasteiger partial charge in [-0.05, 0) is 42.3 Å². The van der Waals surface area contributed by atoms with Gasteiger partial charge in [0.1, 0.15) is 5.75 Å². The molecule has 0 fully saturated rings. The SMILES string of the molecule is COc1ccc(CNC(=O)CSc2nnc(-c3ccccc3)n2-c2cccc(C)c2)cc1. The van der Waals surface area contributed by atoms with Crippen molar-refractivity contribution in [3.8, 4) is 22.8 Å². The number of benzene rings is 3. The molecule has 0 spiro atoms.